The fourth-order valence-corrected chi connectivity index (χ4v) is 5.04. The van der Waals surface area contributed by atoms with Crippen molar-refractivity contribution in [1.29, 1.82) is 0 Å². The average molecular weight is 206 g/mol. The van der Waals surface area contributed by atoms with Gasteiger partial charge in [-0.3, -0.25) is 0 Å². The van der Waals surface area contributed by atoms with Crippen molar-refractivity contribution in [3.8, 4) is 0 Å². The predicted molar refractivity (Wildman–Crippen MR) is 64.5 cm³/mol. The highest BCUT2D eigenvalue weighted by atomic mass is 14.7. The minimum Gasteiger partial charge on any atom is -0.0654 e. The lowest BCUT2D eigenvalue weighted by molar-refractivity contribution is 0.231. The van der Waals surface area contributed by atoms with E-state index in [2.05, 4.69) is 27.7 Å². The molecule has 0 heterocycles. The van der Waals surface area contributed by atoms with Gasteiger partial charge in [0, 0.05) is 0 Å². The highest BCUT2D eigenvalue weighted by Gasteiger charge is 2.66. The number of hydrogen-bond acceptors (Lipinski definition) is 0. The molecule has 3 saturated carbocycles. The Hall–Kier alpha value is 0. The molecule has 0 aromatic carbocycles. The van der Waals surface area contributed by atoms with Gasteiger partial charge in [-0.1, -0.05) is 40.5 Å². The maximum atomic E-state index is 2.54. The van der Waals surface area contributed by atoms with Crippen molar-refractivity contribution in [3.05, 3.63) is 0 Å². The summed E-state index contributed by atoms with van der Waals surface area (Å²) in [7, 11) is 0. The molecule has 0 radical (unpaired) electrons. The summed E-state index contributed by atoms with van der Waals surface area (Å²) >= 11 is 0. The summed E-state index contributed by atoms with van der Waals surface area (Å²) in [4.78, 5) is 0. The fraction of sp³-hybridized carbons (Fsp3) is 1.00. The second-order valence-corrected chi connectivity index (χ2v) is 6.78. The first-order valence-electron chi connectivity index (χ1n) is 7.16. The summed E-state index contributed by atoms with van der Waals surface area (Å²) in [6.07, 6.45) is 4.47. The molecule has 3 aliphatic rings. The van der Waals surface area contributed by atoms with Gasteiger partial charge in [0.1, 0.15) is 0 Å². The summed E-state index contributed by atoms with van der Waals surface area (Å²) < 4.78 is 0. The van der Waals surface area contributed by atoms with Crippen LogP contribution < -0.4 is 0 Å². The third-order valence-corrected chi connectivity index (χ3v) is 6.07. The largest absolute Gasteiger partial charge is 0.0654 e. The summed E-state index contributed by atoms with van der Waals surface area (Å²) in [5.74, 6) is 8.80. The van der Waals surface area contributed by atoms with Crippen molar-refractivity contribution in [2.75, 3.05) is 0 Å². The third-order valence-electron chi connectivity index (χ3n) is 6.07. The average Bonchev–Trinajstić information content (AvgIpc) is 3.05. The summed E-state index contributed by atoms with van der Waals surface area (Å²) in [5, 5.41) is 0. The van der Waals surface area contributed by atoms with Gasteiger partial charge in [-0.2, -0.15) is 0 Å². The Kier molecular flexibility index (Phi) is 2.20. The number of rotatable bonds is 3. The van der Waals surface area contributed by atoms with Crippen molar-refractivity contribution >= 4 is 0 Å². The Bertz CT molecular complexity index is 257. The van der Waals surface area contributed by atoms with Crippen molar-refractivity contribution in [3.63, 3.8) is 0 Å². The van der Waals surface area contributed by atoms with Crippen molar-refractivity contribution in [1.82, 2.24) is 0 Å². The van der Waals surface area contributed by atoms with Crippen LogP contribution in [-0.2, 0) is 0 Å². The van der Waals surface area contributed by atoms with Crippen LogP contribution in [0.15, 0.2) is 0 Å². The van der Waals surface area contributed by atoms with E-state index in [4.69, 9.17) is 0 Å². The van der Waals surface area contributed by atoms with Gasteiger partial charge in [0.2, 0.25) is 0 Å². The predicted octanol–water partition coefficient (Wildman–Crippen LogP) is 4.21. The molecule has 3 aliphatic carbocycles. The molecular formula is C15H26. The molecule has 86 valence electrons. The molecule has 0 nitrogen and oxygen atoms in total. The van der Waals surface area contributed by atoms with E-state index in [1.54, 1.807) is 6.42 Å². The van der Waals surface area contributed by atoms with E-state index in [1.807, 2.05) is 0 Å². The van der Waals surface area contributed by atoms with E-state index in [-0.39, 0.29) is 0 Å². The summed E-state index contributed by atoms with van der Waals surface area (Å²) in [5.41, 5.74) is 0. The van der Waals surface area contributed by atoms with Gasteiger partial charge in [-0.05, 0) is 53.8 Å². The van der Waals surface area contributed by atoms with E-state index < -0.39 is 0 Å². The second kappa shape index (κ2) is 3.25. The molecule has 0 aromatic heterocycles. The van der Waals surface area contributed by atoms with Crippen LogP contribution in [0.4, 0.5) is 0 Å². The van der Waals surface area contributed by atoms with Gasteiger partial charge in [0.15, 0.2) is 0 Å². The van der Waals surface area contributed by atoms with Crippen LogP contribution in [-0.4, -0.2) is 0 Å². The van der Waals surface area contributed by atoms with Crippen LogP contribution in [0.5, 0.6) is 0 Å². The number of hydrogen-bond donors (Lipinski definition) is 0. The monoisotopic (exact) mass is 206 g/mol. The van der Waals surface area contributed by atoms with Crippen LogP contribution in [0.1, 0.15) is 47.0 Å². The van der Waals surface area contributed by atoms with E-state index in [1.165, 1.54) is 12.8 Å². The Morgan fingerprint density at radius 1 is 0.933 bits per heavy atom. The first-order chi connectivity index (χ1) is 7.16. The molecule has 15 heavy (non-hydrogen) atoms. The molecule has 0 N–H and O–H groups in total. The molecule has 3 fully saturated rings. The number of fused-ring (bicyclic) bond motifs is 1. The molecule has 0 aromatic rings. The molecule has 0 bridgehead atoms. The molecule has 0 aliphatic heterocycles. The maximum absolute atomic E-state index is 2.54. The lowest BCUT2D eigenvalue weighted by Crippen LogP contribution is -2.19. The molecule has 3 rings (SSSR count). The standard InChI is InChI=1S/C15H26/c1-5-6-11-13-9(3)10(4)14(15(11)13)12-7-8(12)2/h8-15H,5-7H2,1-4H3/t8?,9?,10-,11?,12?,13?,14?,15?/m1/s1. The van der Waals surface area contributed by atoms with Gasteiger partial charge in [-0.15, -0.1) is 0 Å². The van der Waals surface area contributed by atoms with Crippen LogP contribution in [0.3, 0.4) is 0 Å². The third kappa shape index (κ3) is 1.33. The highest BCUT2D eigenvalue weighted by Crippen LogP contribution is 2.71. The minimum absolute atomic E-state index is 1.03. The molecule has 0 saturated heterocycles. The normalized spacial score (nSPS) is 61.6. The van der Waals surface area contributed by atoms with Gasteiger partial charge in [0.05, 0.1) is 0 Å². The second-order valence-electron chi connectivity index (χ2n) is 6.78. The van der Waals surface area contributed by atoms with Crippen LogP contribution >= 0.6 is 0 Å². The van der Waals surface area contributed by atoms with Gasteiger partial charge in [-0.25, -0.2) is 0 Å². The lowest BCUT2D eigenvalue weighted by Gasteiger charge is -2.25. The summed E-state index contributed by atoms with van der Waals surface area (Å²) in [6.45, 7) is 9.89. The van der Waals surface area contributed by atoms with Gasteiger partial charge >= 0.3 is 0 Å². The molecule has 8 atom stereocenters. The molecule has 7 unspecified atom stereocenters. The fourth-order valence-electron chi connectivity index (χ4n) is 5.04. The molecule has 0 heteroatoms. The molecular weight excluding hydrogens is 180 g/mol. The Morgan fingerprint density at radius 2 is 1.53 bits per heavy atom. The van der Waals surface area contributed by atoms with Crippen LogP contribution in [0.25, 0.3) is 0 Å². The molecule has 0 spiro atoms. The van der Waals surface area contributed by atoms with Crippen LogP contribution in [0, 0.1) is 47.3 Å². The van der Waals surface area contributed by atoms with Crippen molar-refractivity contribution in [2.45, 2.75) is 47.0 Å². The highest BCUT2D eigenvalue weighted by molar-refractivity contribution is 5.14. The van der Waals surface area contributed by atoms with Gasteiger partial charge < -0.3 is 0 Å². The van der Waals surface area contributed by atoms with Crippen molar-refractivity contribution < 1.29 is 0 Å². The Labute approximate surface area is 94.8 Å². The van der Waals surface area contributed by atoms with Crippen LogP contribution in [0.2, 0.25) is 0 Å². The summed E-state index contributed by atoms with van der Waals surface area (Å²) in [6, 6.07) is 0. The van der Waals surface area contributed by atoms with Gasteiger partial charge in [0.25, 0.3) is 0 Å². The smallest absolute Gasteiger partial charge is 0.0315 e. The molecule has 0 amide bonds. The van der Waals surface area contributed by atoms with E-state index in [0.717, 1.165) is 47.3 Å². The van der Waals surface area contributed by atoms with E-state index in [0.29, 0.717) is 0 Å². The Balaban J connectivity index is 1.72. The maximum Gasteiger partial charge on any atom is -0.0315 e. The SMILES string of the molecule is CCCC1C2C1C(C1CC1C)[C@H](C)C2C. The zero-order valence-corrected chi connectivity index (χ0v) is 10.7. The zero-order valence-electron chi connectivity index (χ0n) is 10.7. The topological polar surface area (TPSA) is 0 Å². The first-order valence-corrected chi connectivity index (χ1v) is 7.16. The van der Waals surface area contributed by atoms with E-state index in [9.17, 15) is 0 Å². The quantitative estimate of drug-likeness (QED) is 0.649. The zero-order chi connectivity index (χ0) is 10.7. The first kappa shape index (κ1) is 10.2. The van der Waals surface area contributed by atoms with E-state index >= 15 is 0 Å². The minimum atomic E-state index is 1.03. The Morgan fingerprint density at radius 3 is 2.07 bits per heavy atom. The van der Waals surface area contributed by atoms with Crippen molar-refractivity contribution in [2.24, 2.45) is 47.3 Å². The lowest BCUT2D eigenvalue weighted by atomic mass is 9.80.